The molecule has 2 rings (SSSR count). The van der Waals surface area contributed by atoms with Crippen molar-refractivity contribution >= 4 is 12.1 Å². The lowest BCUT2D eigenvalue weighted by molar-refractivity contribution is -0.144. The molecular weight excluding hydrogens is 310 g/mol. The van der Waals surface area contributed by atoms with Crippen molar-refractivity contribution in [3.63, 3.8) is 0 Å². The first kappa shape index (κ1) is 18.1. The van der Waals surface area contributed by atoms with E-state index in [0.717, 1.165) is 5.56 Å². The van der Waals surface area contributed by atoms with Crippen molar-refractivity contribution in [2.45, 2.75) is 38.7 Å². The number of rotatable bonds is 3. The molecule has 0 unspecified atom stereocenters. The molecule has 2 atom stereocenters. The van der Waals surface area contributed by atoms with E-state index in [1.54, 1.807) is 24.1 Å². The Kier molecular flexibility index (Phi) is 5.36. The second-order valence-corrected chi connectivity index (χ2v) is 7.04. The van der Waals surface area contributed by atoms with Crippen LogP contribution >= 0.6 is 0 Å². The molecule has 6 heteroatoms. The van der Waals surface area contributed by atoms with Crippen molar-refractivity contribution in [2.75, 3.05) is 20.2 Å². The zero-order valence-electron chi connectivity index (χ0n) is 14.6. The average Bonchev–Trinajstić information content (AvgIpc) is 2.52. The Hall–Kier alpha value is -2.24. The Morgan fingerprint density at radius 2 is 1.83 bits per heavy atom. The Balaban J connectivity index is 2.19. The van der Waals surface area contributed by atoms with Crippen LogP contribution in [0.15, 0.2) is 24.3 Å². The van der Waals surface area contributed by atoms with E-state index in [1.807, 2.05) is 32.9 Å². The summed E-state index contributed by atoms with van der Waals surface area (Å²) in [6.45, 7) is 6.16. The van der Waals surface area contributed by atoms with E-state index in [0.29, 0.717) is 25.3 Å². The number of likely N-dealkylation sites (tertiary alicyclic amines) is 1. The maximum absolute atomic E-state index is 12.3. The van der Waals surface area contributed by atoms with Crippen molar-refractivity contribution < 1.29 is 24.2 Å². The first-order valence-electron chi connectivity index (χ1n) is 8.06. The van der Waals surface area contributed by atoms with Crippen molar-refractivity contribution in [3.8, 4) is 5.75 Å². The SMILES string of the molecule is COc1ccc([C@@H]2CN(C(=O)OC(C)(C)C)CC[C@H]2C(=O)O)cc1. The standard InChI is InChI=1S/C18H25NO5/c1-18(2,3)24-17(22)19-10-9-14(16(20)21)15(11-19)12-5-7-13(23-4)8-6-12/h5-8,14-15H,9-11H2,1-4H3,(H,20,21)/t14-,15+/m1/s1. The van der Waals surface area contributed by atoms with Crippen LogP contribution in [-0.4, -0.2) is 47.9 Å². The number of piperidine rings is 1. The van der Waals surface area contributed by atoms with Crippen LogP contribution in [-0.2, 0) is 9.53 Å². The van der Waals surface area contributed by atoms with Crippen molar-refractivity contribution in [2.24, 2.45) is 5.92 Å². The van der Waals surface area contributed by atoms with Gasteiger partial charge in [-0.3, -0.25) is 4.79 Å². The highest BCUT2D eigenvalue weighted by molar-refractivity contribution is 5.73. The Labute approximate surface area is 142 Å². The van der Waals surface area contributed by atoms with Gasteiger partial charge in [0.25, 0.3) is 0 Å². The summed E-state index contributed by atoms with van der Waals surface area (Å²) >= 11 is 0. The van der Waals surface area contributed by atoms with Gasteiger partial charge >= 0.3 is 12.1 Å². The number of nitrogens with zero attached hydrogens (tertiary/aromatic N) is 1. The summed E-state index contributed by atoms with van der Waals surface area (Å²) < 4.78 is 10.6. The van der Waals surface area contributed by atoms with Crippen LogP contribution in [0, 0.1) is 5.92 Å². The van der Waals surface area contributed by atoms with Crippen LogP contribution in [0.1, 0.15) is 38.7 Å². The third kappa shape index (κ3) is 4.40. The Bertz CT molecular complexity index is 590. The molecular formula is C18H25NO5. The first-order chi connectivity index (χ1) is 11.2. The third-order valence-electron chi connectivity index (χ3n) is 4.13. The molecule has 1 amide bonds. The number of carboxylic acid groups (broad SMARTS) is 1. The summed E-state index contributed by atoms with van der Waals surface area (Å²) in [5.74, 6) is -0.906. The molecule has 132 valence electrons. The first-order valence-corrected chi connectivity index (χ1v) is 8.06. The van der Waals surface area contributed by atoms with Crippen LogP contribution in [0.2, 0.25) is 0 Å². The number of carbonyl (C=O) groups is 2. The van der Waals surface area contributed by atoms with Crippen LogP contribution in [0.5, 0.6) is 5.75 Å². The predicted octanol–water partition coefficient (Wildman–Crippen LogP) is 3.12. The van der Waals surface area contributed by atoms with E-state index in [4.69, 9.17) is 9.47 Å². The third-order valence-corrected chi connectivity index (χ3v) is 4.13. The number of carboxylic acids is 1. The number of aliphatic carboxylic acids is 1. The number of methoxy groups -OCH3 is 1. The Morgan fingerprint density at radius 3 is 2.33 bits per heavy atom. The van der Waals surface area contributed by atoms with Gasteiger partial charge in [-0.25, -0.2) is 4.79 Å². The highest BCUT2D eigenvalue weighted by Gasteiger charge is 2.37. The van der Waals surface area contributed by atoms with Crippen LogP contribution in [0.4, 0.5) is 4.79 Å². The quantitative estimate of drug-likeness (QED) is 0.918. The normalized spacial score (nSPS) is 21.2. The van der Waals surface area contributed by atoms with E-state index in [-0.39, 0.29) is 5.92 Å². The molecule has 1 aromatic rings. The van der Waals surface area contributed by atoms with E-state index in [2.05, 4.69) is 0 Å². The van der Waals surface area contributed by atoms with Gasteiger partial charge in [-0.2, -0.15) is 0 Å². The monoisotopic (exact) mass is 335 g/mol. The van der Waals surface area contributed by atoms with Gasteiger partial charge in [0.15, 0.2) is 0 Å². The number of hydrogen-bond donors (Lipinski definition) is 1. The molecule has 1 aliphatic rings. The van der Waals surface area contributed by atoms with Crippen LogP contribution in [0.25, 0.3) is 0 Å². The van der Waals surface area contributed by atoms with E-state index < -0.39 is 23.6 Å². The summed E-state index contributed by atoms with van der Waals surface area (Å²) in [4.78, 5) is 25.5. The van der Waals surface area contributed by atoms with Gasteiger partial charge < -0.3 is 19.5 Å². The summed E-state index contributed by atoms with van der Waals surface area (Å²) in [5, 5.41) is 9.52. The molecule has 0 aromatic heterocycles. The molecule has 24 heavy (non-hydrogen) atoms. The largest absolute Gasteiger partial charge is 0.497 e. The molecule has 0 radical (unpaired) electrons. The van der Waals surface area contributed by atoms with Gasteiger partial charge in [-0.05, 0) is 44.9 Å². The fourth-order valence-corrected chi connectivity index (χ4v) is 2.93. The average molecular weight is 335 g/mol. The molecule has 1 saturated heterocycles. The number of carbonyl (C=O) groups excluding carboxylic acids is 1. The minimum absolute atomic E-state index is 0.269. The van der Waals surface area contributed by atoms with Crippen LogP contribution < -0.4 is 4.74 Å². The molecule has 6 nitrogen and oxygen atoms in total. The molecule has 1 fully saturated rings. The van der Waals surface area contributed by atoms with Gasteiger partial charge in [0.2, 0.25) is 0 Å². The Morgan fingerprint density at radius 1 is 1.21 bits per heavy atom. The van der Waals surface area contributed by atoms with Gasteiger partial charge in [0.1, 0.15) is 11.4 Å². The summed E-state index contributed by atoms with van der Waals surface area (Å²) in [5.41, 5.74) is 0.313. The van der Waals surface area contributed by atoms with Gasteiger partial charge in [-0.15, -0.1) is 0 Å². The smallest absolute Gasteiger partial charge is 0.410 e. The zero-order chi connectivity index (χ0) is 17.9. The van der Waals surface area contributed by atoms with E-state index in [9.17, 15) is 14.7 Å². The molecule has 0 spiro atoms. The lowest BCUT2D eigenvalue weighted by atomic mass is 9.81. The highest BCUT2D eigenvalue weighted by Crippen LogP contribution is 2.34. The minimum atomic E-state index is -0.834. The molecule has 1 aromatic carbocycles. The molecule has 0 aliphatic carbocycles. The number of ether oxygens (including phenoxy) is 2. The fraction of sp³-hybridized carbons (Fsp3) is 0.556. The fourth-order valence-electron chi connectivity index (χ4n) is 2.93. The summed E-state index contributed by atoms with van der Waals surface area (Å²) in [6, 6.07) is 7.33. The highest BCUT2D eigenvalue weighted by atomic mass is 16.6. The topological polar surface area (TPSA) is 76.1 Å². The molecule has 0 saturated carbocycles. The second kappa shape index (κ2) is 7.11. The van der Waals surface area contributed by atoms with Crippen molar-refractivity contribution in [1.82, 2.24) is 4.90 Å². The van der Waals surface area contributed by atoms with Crippen molar-refractivity contribution in [1.29, 1.82) is 0 Å². The summed E-state index contributed by atoms with van der Waals surface area (Å²) in [7, 11) is 1.58. The minimum Gasteiger partial charge on any atom is -0.497 e. The second-order valence-electron chi connectivity index (χ2n) is 7.04. The van der Waals surface area contributed by atoms with Crippen molar-refractivity contribution in [3.05, 3.63) is 29.8 Å². The van der Waals surface area contributed by atoms with Gasteiger partial charge in [0.05, 0.1) is 13.0 Å². The van der Waals surface area contributed by atoms with Gasteiger partial charge in [-0.1, -0.05) is 12.1 Å². The summed E-state index contributed by atoms with van der Waals surface area (Å²) in [6.07, 6.45) is 0.00972. The van der Waals surface area contributed by atoms with Crippen LogP contribution in [0.3, 0.4) is 0 Å². The van der Waals surface area contributed by atoms with Gasteiger partial charge in [0, 0.05) is 19.0 Å². The molecule has 1 aliphatic heterocycles. The maximum Gasteiger partial charge on any atom is 0.410 e. The predicted molar refractivity (Wildman–Crippen MR) is 89.3 cm³/mol. The van der Waals surface area contributed by atoms with E-state index in [1.165, 1.54) is 0 Å². The molecule has 0 bridgehead atoms. The lowest BCUT2D eigenvalue weighted by Crippen LogP contribution is -2.46. The number of amides is 1. The number of benzene rings is 1. The van der Waals surface area contributed by atoms with E-state index >= 15 is 0 Å². The lowest BCUT2D eigenvalue weighted by Gasteiger charge is -2.37. The maximum atomic E-state index is 12.3. The number of hydrogen-bond acceptors (Lipinski definition) is 4. The molecule has 1 heterocycles. The molecule has 1 N–H and O–H groups in total. The zero-order valence-corrected chi connectivity index (χ0v) is 14.6.